The van der Waals surface area contributed by atoms with Crippen molar-refractivity contribution in [3.63, 3.8) is 0 Å². The number of rotatable bonds is 8. The van der Waals surface area contributed by atoms with Crippen molar-refractivity contribution in [2.75, 3.05) is 5.32 Å². The quantitative estimate of drug-likeness (QED) is 0.752. The molecule has 1 unspecified atom stereocenters. The van der Waals surface area contributed by atoms with Crippen LogP contribution < -0.4 is 10.1 Å². The molecule has 6 nitrogen and oxygen atoms in total. The monoisotopic (exact) mass is 267 g/mol. The maximum absolute atomic E-state index is 11.1. The van der Waals surface area contributed by atoms with E-state index in [9.17, 15) is 4.79 Å². The highest BCUT2D eigenvalue weighted by atomic mass is 16.5. The summed E-state index contributed by atoms with van der Waals surface area (Å²) in [4.78, 5) is 19.1. The summed E-state index contributed by atoms with van der Waals surface area (Å²) in [5.41, 5.74) is 0. The van der Waals surface area contributed by atoms with E-state index in [-0.39, 0.29) is 6.10 Å². The summed E-state index contributed by atoms with van der Waals surface area (Å²) in [6, 6.07) is 0.976. The molecule has 0 aliphatic heterocycles. The number of hydrogen-bond donors (Lipinski definition) is 2. The molecule has 19 heavy (non-hydrogen) atoms. The fourth-order valence-electron chi connectivity index (χ4n) is 1.57. The highest BCUT2D eigenvalue weighted by Crippen LogP contribution is 2.15. The summed E-state index contributed by atoms with van der Waals surface area (Å²) in [5, 5.41) is 12.0. The van der Waals surface area contributed by atoms with Crippen LogP contribution in [-0.4, -0.2) is 33.2 Å². The lowest BCUT2D eigenvalue weighted by Crippen LogP contribution is -2.29. The molecule has 0 aromatic carbocycles. The van der Waals surface area contributed by atoms with Crippen LogP contribution in [0.3, 0.4) is 0 Å². The molecule has 106 valence electrons. The van der Waals surface area contributed by atoms with Gasteiger partial charge < -0.3 is 15.2 Å². The molecule has 6 heteroatoms. The van der Waals surface area contributed by atoms with Crippen molar-refractivity contribution in [2.24, 2.45) is 0 Å². The van der Waals surface area contributed by atoms with Crippen LogP contribution in [-0.2, 0) is 4.79 Å². The molecule has 0 radical (unpaired) electrons. The number of carbonyl (C=O) groups is 1. The van der Waals surface area contributed by atoms with E-state index >= 15 is 0 Å². The third-order valence-corrected chi connectivity index (χ3v) is 2.46. The predicted octanol–water partition coefficient (Wildman–Crippen LogP) is 2.32. The number of aromatic nitrogens is 2. The van der Waals surface area contributed by atoms with Gasteiger partial charge >= 0.3 is 5.97 Å². The molecule has 1 aromatic rings. The average molecular weight is 267 g/mol. The van der Waals surface area contributed by atoms with Gasteiger partial charge in [-0.3, -0.25) is 0 Å². The van der Waals surface area contributed by atoms with Crippen LogP contribution in [0.15, 0.2) is 12.4 Å². The highest BCUT2D eigenvalue weighted by molar-refractivity contribution is 5.76. The smallest absolute Gasteiger partial charge is 0.326 e. The number of ether oxygens (including phenoxy) is 1. The van der Waals surface area contributed by atoms with Crippen LogP contribution in [0.25, 0.3) is 0 Å². The maximum atomic E-state index is 11.1. The van der Waals surface area contributed by atoms with Crippen molar-refractivity contribution < 1.29 is 14.6 Å². The second kappa shape index (κ2) is 7.56. The first kappa shape index (κ1) is 15.2. The van der Waals surface area contributed by atoms with Crippen molar-refractivity contribution in [2.45, 2.75) is 52.2 Å². The Bertz CT molecular complexity index is 410. The molecule has 0 spiro atoms. The Balaban J connectivity index is 2.70. The lowest BCUT2D eigenvalue weighted by atomic mass is 10.1. The topological polar surface area (TPSA) is 84.3 Å². The molecule has 0 fully saturated rings. The van der Waals surface area contributed by atoms with Crippen LogP contribution >= 0.6 is 0 Å². The number of hydrogen-bond acceptors (Lipinski definition) is 5. The minimum atomic E-state index is -0.876. The number of nitrogens with zero attached hydrogens (tertiary/aromatic N) is 2. The zero-order valence-electron chi connectivity index (χ0n) is 11.6. The SMILES string of the molecule is CCCCC(Nc1cc(OC(C)C)ncn1)C(=O)O. The summed E-state index contributed by atoms with van der Waals surface area (Å²) in [7, 11) is 0. The Morgan fingerprint density at radius 2 is 2.21 bits per heavy atom. The van der Waals surface area contributed by atoms with Gasteiger partial charge in [0, 0.05) is 6.07 Å². The van der Waals surface area contributed by atoms with Gasteiger partial charge in [0.1, 0.15) is 18.2 Å². The van der Waals surface area contributed by atoms with Gasteiger partial charge in [-0.05, 0) is 20.3 Å². The standard InChI is InChI=1S/C13H21N3O3/c1-4-5-6-10(13(17)18)16-11-7-12(15-8-14-11)19-9(2)3/h7-10H,4-6H2,1-3H3,(H,17,18)(H,14,15,16). The zero-order chi connectivity index (χ0) is 14.3. The number of anilines is 1. The summed E-state index contributed by atoms with van der Waals surface area (Å²) >= 11 is 0. The molecular weight excluding hydrogens is 246 g/mol. The number of aliphatic carboxylic acids is 1. The van der Waals surface area contributed by atoms with Crippen LogP contribution in [0.1, 0.15) is 40.0 Å². The van der Waals surface area contributed by atoms with Gasteiger partial charge in [-0.15, -0.1) is 0 Å². The van der Waals surface area contributed by atoms with Crippen LogP contribution in [0.5, 0.6) is 5.88 Å². The fourth-order valence-corrected chi connectivity index (χ4v) is 1.57. The molecular formula is C13H21N3O3. The molecule has 0 aliphatic carbocycles. The van der Waals surface area contributed by atoms with Crippen molar-refractivity contribution >= 4 is 11.8 Å². The molecule has 1 aromatic heterocycles. The first-order valence-corrected chi connectivity index (χ1v) is 6.51. The summed E-state index contributed by atoms with van der Waals surface area (Å²) < 4.78 is 5.44. The van der Waals surface area contributed by atoms with Crippen LogP contribution in [0.4, 0.5) is 5.82 Å². The average Bonchev–Trinajstić information content (AvgIpc) is 2.33. The summed E-state index contributed by atoms with van der Waals surface area (Å²) in [6.45, 7) is 5.82. The second-order valence-electron chi connectivity index (χ2n) is 4.59. The Morgan fingerprint density at radius 3 is 2.79 bits per heavy atom. The van der Waals surface area contributed by atoms with Crippen LogP contribution in [0, 0.1) is 0 Å². The van der Waals surface area contributed by atoms with E-state index < -0.39 is 12.0 Å². The summed E-state index contributed by atoms with van der Waals surface area (Å²) in [6.07, 6.45) is 3.74. The molecule has 0 bridgehead atoms. The fraction of sp³-hybridized carbons (Fsp3) is 0.615. The molecule has 1 heterocycles. The predicted molar refractivity (Wildman–Crippen MR) is 72.4 cm³/mol. The number of carboxylic acid groups (broad SMARTS) is 1. The first-order valence-electron chi connectivity index (χ1n) is 6.51. The third kappa shape index (κ3) is 5.54. The van der Waals surface area contributed by atoms with Gasteiger partial charge in [-0.1, -0.05) is 19.8 Å². The molecule has 0 amide bonds. The zero-order valence-corrected chi connectivity index (χ0v) is 11.6. The third-order valence-electron chi connectivity index (χ3n) is 2.46. The van der Waals surface area contributed by atoms with E-state index in [1.54, 1.807) is 6.07 Å². The Hall–Kier alpha value is -1.85. The van der Waals surface area contributed by atoms with Gasteiger partial charge in [0.05, 0.1) is 6.10 Å². The lowest BCUT2D eigenvalue weighted by molar-refractivity contribution is -0.138. The maximum Gasteiger partial charge on any atom is 0.326 e. The minimum absolute atomic E-state index is 0.0121. The van der Waals surface area contributed by atoms with Gasteiger partial charge in [0.15, 0.2) is 0 Å². The van der Waals surface area contributed by atoms with E-state index in [1.807, 2.05) is 20.8 Å². The van der Waals surface area contributed by atoms with Crippen molar-refractivity contribution in [1.82, 2.24) is 9.97 Å². The highest BCUT2D eigenvalue weighted by Gasteiger charge is 2.17. The van der Waals surface area contributed by atoms with E-state index in [0.717, 1.165) is 12.8 Å². The number of carboxylic acids is 1. The van der Waals surface area contributed by atoms with Crippen molar-refractivity contribution in [1.29, 1.82) is 0 Å². The normalized spacial score (nSPS) is 12.2. The molecule has 1 atom stereocenters. The minimum Gasteiger partial charge on any atom is -0.480 e. The van der Waals surface area contributed by atoms with Crippen LogP contribution in [0.2, 0.25) is 0 Å². The van der Waals surface area contributed by atoms with E-state index in [0.29, 0.717) is 18.1 Å². The van der Waals surface area contributed by atoms with Gasteiger partial charge in [0.2, 0.25) is 5.88 Å². The largest absolute Gasteiger partial charge is 0.480 e. The Morgan fingerprint density at radius 1 is 1.47 bits per heavy atom. The molecule has 1 rings (SSSR count). The molecule has 0 saturated heterocycles. The van der Waals surface area contributed by atoms with E-state index in [4.69, 9.17) is 9.84 Å². The van der Waals surface area contributed by atoms with Gasteiger partial charge in [0.25, 0.3) is 0 Å². The van der Waals surface area contributed by atoms with Gasteiger partial charge in [-0.2, -0.15) is 0 Å². The first-order chi connectivity index (χ1) is 9.02. The van der Waals surface area contributed by atoms with Crippen molar-refractivity contribution in [3.05, 3.63) is 12.4 Å². The molecule has 2 N–H and O–H groups in total. The molecule has 0 saturated carbocycles. The Labute approximate surface area is 113 Å². The lowest BCUT2D eigenvalue weighted by Gasteiger charge is -2.15. The Kier molecular flexibility index (Phi) is 6.05. The number of unbranched alkanes of at least 4 members (excludes halogenated alkanes) is 1. The van der Waals surface area contributed by atoms with E-state index in [1.165, 1.54) is 6.33 Å². The number of nitrogens with one attached hydrogen (secondary N) is 1. The van der Waals surface area contributed by atoms with Gasteiger partial charge in [-0.25, -0.2) is 14.8 Å². The molecule has 0 aliphatic rings. The van der Waals surface area contributed by atoms with E-state index in [2.05, 4.69) is 15.3 Å². The summed E-state index contributed by atoms with van der Waals surface area (Å²) in [5.74, 6) is 0.0275. The van der Waals surface area contributed by atoms with Crippen molar-refractivity contribution in [3.8, 4) is 5.88 Å². The second-order valence-corrected chi connectivity index (χ2v) is 4.59.